The van der Waals surface area contributed by atoms with E-state index in [0.717, 1.165) is 23.0 Å². The number of aryl methyl sites for hydroxylation is 2. The van der Waals surface area contributed by atoms with Crippen molar-refractivity contribution in [1.82, 2.24) is 4.98 Å². The molecule has 0 atom stereocenters. The van der Waals surface area contributed by atoms with Gasteiger partial charge in [0.1, 0.15) is 22.5 Å². The van der Waals surface area contributed by atoms with Gasteiger partial charge in [-0.05, 0) is 44.5 Å². The van der Waals surface area contributed by atoms with Gasteiger partial charge in [-0.25, -0.2) is 9.78 Å². The Hall–Kier alpha value is -2.89. The lowest BCUT2D eigenvalue weighted by Gasteiger charge is -2.08. The van der Waals surface area contributed by atoms with Gasteiger partial charge in [-0.2, -0.15) is 5.26 Å². The summed E-state index contributed by atoms with van der Waals surface area (Å²) in [6.07, 6.45) is 0. The van der Waals surface area contributed by atoms with Crippen LogP contribution in [0.3, 0.4) is 0 Å². The van der Waals surface area contributed by atoms with Crippen LogP contribution in [0.4, 0.5) is 5.69 Å². The van der Waals surface area contributed by atoms with E-state index < -0.39 is 5.97 Å². The third kappa shape index (κ3) is 6.04. The first-order valence-corrected chi connectivity index (χ1v) is 10.00. The van der Waals surface area contributed by atoms with Crippen LogP contribution in [0.5, 0.6) is 0 Å². The van der Waals surface area contributed by atoms with Crippen LogP contribution >= 0.6 is 23.4 Å². The second-order valence-corrected chi connectivity index (χ2v) is 7.20. The van der Waals surface area contributed by atoms with Crippen LogP contribution in [0, 0.1) is 25.2 Å². The molecule has 0 aliphatic carbocycles. The number of carbonyl (C=O) groups is 1. The molecule has 0 amide bonds. The third-order valence-electron chi connectivity index (χ3n) is 3.62. The zero-order valence-electron chi connectivity index (χ0n) is 16.1. The van der Waals surface area contributed by atoms with Crippen LogP contribution in [-0.2, 0) is 9.53 Å². The van der Waals surface area contributed by atoms with Gasteiger partial charge in [-0.1, -0.05) is 35.5 Å². The van der Waals surface area contributed by atoms with Crippen LogP contribution in [0.25, 0.3) is 0 Å². The van der Waals surface area contributed by atoms with Gasteiger partial charge in [0, 0.05) is 5.69 Å². The molecule has 2 rings (SSSR count). The van der Waals surface area contributed by atoms with Gasteiger partial charge in [0.25, 0.3) is 0 Å². The van der Waals surface area contributed by atoms with E-state index in [4.69, 9.17) is 16.3 Å². The lowest BCUT2D eigenvalue weighted by atomic mass is 10.1. The highest BCUT2D eigenvalue weighted by molar-refractivity contribution is 7.99. The molecule has 0 saturated heterocycles. The molecule has 1 N–H and O–H groups in total. The number of nitrogens with zero attached hydrogens (tertiary/aromatic N) is 4. The van der Waals surface area contributed by atoms with Gasteiger partial charge in [0.15, 0.2) is 0 Å². The SMILES string of the molecule is CCOC(=O)/C(N=Nc1ccccc1Cl)=C(/O)CSc1nc(C)cc(C)c1C#N. The summed E-state index contributed by atoms with van der Waals surface area (Å²) in [5, 5.41) is 28.5. The highest BCUT2D eigenvalue weighted by Crippen LogP contribution is 2.28. The predicted octanol–water partition coefficient (Wildman–Crippen LogP) is 5.43. The zero-order valence-corrected chi connectivity index (χ0v) is 17.7. The molecule has 0 saturated carbocycles. The van der Waals surface area contributed by atoms with Gasteiger partial charge >= 0.3 is 5.97 Å². The maximum atomic E-state index is 12.2. The largest absolute Gasteiger partial charge is 0.509 e. The van der Waals surface area contributed by atoms with Gasteiger partial charge in [0.2, 0.25) is 5.70 Å². The molecular formula is C20H19ClN4O3S. The Bertz CT molecular complexity index is 1020. The molecule has 0 spiro atoms. The minimum Gasteiger partial charge on any atom is -0.509 e. The fraction of sp³-hybridized carbons (Fsp3) is 0.250. The van der Waals surface area contributed by atoms with Crippen molar-refractivity contribution in [2.75, 3.05) is 12.4 Å². The van der Waals surface area contributed by atoms with Crippen molar-refractivity contribution in [2.24, 2.45) is 10.2 Å². The Balaban J connectivity index is 2.33. The number of rotatable bonds is 7. The molecule has 2 aromatic rings. The van der Waals surface area contributed by atoms with Crippen molar-refractivity contribution in [3.63, 3.8) is 0 Å². The Labute approximate surface area is 178 Å². The number of aliphatic hydroxyl groups excluding tert-OH is 1. The summed E-state index contributed by atoms with van der Waals surface area (Å²) in [6, 6.07) is 10.6. The summed E-state index contributed by atoms with van der Waals surface area (Å²) in [7, 11) is 0. The predicted molar refractivity (Wildman–Crippen MR) is 111 cm³/mol. The second-order valence-electron chi connectivity index (χ2n) is 5.83. The van der Waals surface area contributed by atoms with E-state index in [2.05, 4.69) is 21.3 Å². The summed E-state index contributed by atoms with van der Waals surface area (Å²) in [5.74, 6) is -1.19. The minimum absolute atomic E-state index is 0.0414. The Kier molecular flexibility index (Phi) is 8.19. The minimum atomic E-state index is -0.810. The molecule has 1 aromatic heterocycles. The summed E-state index contributed by atoms with van der Waals surface area (Å²) < 4.78 is 4.96. The number of esters is 1. The van der Waals surface area contributed by atoms with Crippen molar-refractivity contribution in [3.05, 3.63) is 63.6 Å². The molecule has 0 bridgehead atoms. The van der Waals surface area contributed by atoms with E-state index >= 15 is 0 Å². The van der Waals surface area contributed by atoms with Gasteiger partial charge in [0.05, 0.1) is 22.9 Å². The first kappa shape index (κ1) is 22.4. The quantitative estimate of drug-likeness (QED) is 0.206. The number of benzene rings is 1. The van der Waals surface area contributed by atoms with E-state index in [9.17, 15) is 15.2 Å². The maximum Gasteiger partial charge on any atom is 0.362 e. The van der Waals surface area contributed by atoms with Crippen molar-refractivity contribution >= 4 is 35.0 Å². The number of pyridine rings is 1. The molecule has 1 aromatic carbocycles. The third-order valence-corrected chi connectivity index (χ3v) is 4.93. The topological polar surface area (TPSA) is 108 Å². The molecule has 0 radical (unpaired) electrons. The van der Waals surface area contributed by atoms with Crippen LogP contribution in [0.1, 0.15) is 23.7 Å². The van der Waals surface area contributed by atoms with Crippen LogP contribution in [0.2, 0.25) is 5.02 Å². The van der Waals surface area contributed by atoms with Crippen molar-refractivity contribution in [1.29, 1.82) is 5.26 Å². The van der Waals surface area contributed by atoms with Crippen LogP contribution in [-0.4, -0.2) is 28.4 Å². The van der Waals surface area contributed by atoms with Gasteiger partial charge in [-0.3, -0.25) is 0 Å². The van der Waals surface area contributed by atoms with E-state index in [1.54, 1.807) is 37.3 Å². The molecule has 9 heteroatoms. The second kappa shape index (κ2) is 10.6. The summed E-state index contributed by atoms with van der Waals surface area (Å²) in [5.41, 5.74) is 1.97. The molecule has 29 heavy (non-hydrogen) atoms. The van der Waals surface area contributed by atoms with E-state index in [0.29, 0.717) is 21.3 Å². The highest BCUT2D eigenvalue weighted by Gasteiger charge is 2.18. The van der Waals surface area contributed by atoms with Crippen molar-refractivity contribution < 1.29 is 14.6 Å². The molecule has 1 heterocycles. The number of azo groups is 1. The summed E-state index contributed by atoms with van der Waals surface area (Å²) >= 11 is 7.16. The highest BCUT2D eigenvalue weighted by atomic mass is 35.5. The number of nitriles is 1. The number of thioether (sulfide) groups is 1. The van der Waals surface area contributed by atoms with E-state index in [1.165, 1.54) is 0 Å². The average molecular weight is 431 g/mol. The number of aliphatic hydroxyl groups is 1. The van der Waals surface area contributed by atoms with E-state index in [-0.39, 0.29) is 23.8 Å². The maximum absolute atomic E-state index is 12.2. The van der Waals surface area contributed by atoms with E-state index in [1.807, 2.05) is 13.8 Å². The smallest absolute Gasteiger partial charge is 0.362 e. The number of hydrogen-bond donors (Lipinski definition) is 1. The molecule has 0 fully saturated rings. The monoisotopic (exact) mass is 430 g/mol. The van der Waals surface area contributed by atoms with Crippen LogP contribution in [0.15, 0.2) is 57.0 Å². The lowest BCUT2D eigenvalue weighted by Crippen LogP contribution is -2.10. The first-order chi connectivity index (χ1) is 13.9. The van der Waals surface area contributed by atoms with Crippen molar-refractivity contribution in [3.8, 4) is 6.07 Å². The number of carbonyl (C=O) groups excluding carboxylic acids is 1. The molecule has 150 valence electrons. The Morgan fingerprint density at radius 1 is 1.38 bits per heavy atom. The summed E-state index contributed by atoms with van der Waals surface area (Å²) in [4.78, 5) is 16.6. The molecule has 0 unspecified atom stereocenters. The fourth-order valence-corrected chi connectivity index (χ4v) is 3.44. The summed E-state index contributed by atoms with van der Waals surface area (Å²) in [6.45, 7) is 5.39. The number of ether oxygens (including phenoxy) is 1. The Morgan fingerprint density at radius 3 is 2.76 bits per heavy atom. The molecule has 0 aliphatic rings. The fourth-order valence-electron chi connectivity index (χ4n) is 2.30. The average Bonchev–Trinajstić information content (AvgIpc) is 2.67. The molecule has 7 nitrogen and oxygen atoms in total. The number of aromatic nitrogens is 1. The van der Waals surface area contributed by atoms with Crippen LogP contribution < -0.4 is 0 Å². The lowest BCUT2D eigenvalue weighted by molar-refractivity contribution is -0.138. The zero-order chi connectivity index (χ0) is 21.4. The van der Waals surface area contributed by atoms with Gasteiger partial charge < -0.3 is 9.84 Å². The van der Waals surface area contributed by atoms with Crippen molar-refractivity contribution in [2.45, 2.75) is 25.8 Å². The normalized spacial score (nSPS) is 11.8. The number of halogens is 1. The molecular weight excluding hydrogens is 412 g/mol. The van der Waals surface area contributed by atoms with Gasteiger partial charge in [-0.15, -0.1) is 10.2 Å². The first-order valence-electron chi connectivity index (χ1n) is 8.64. The molecule has 0 aliphatic heterocycles. The Morgan fingerprint density at radius 2 is 2.10 bits per heavy atom. The standard InChI is InChI=1S/C20H19ClN4O3S/c1-4-28-20(27)18(25-24-16-8-6-5-7-15(16)21)17(26)11-29-19-14(10-22)12(2)9-13(3)23-19/h5-9,26H,4,11H2,1-3H3/b18-17-,25-24?. The number of hydrogen-bond acceptors (Lipinski definition) is 8.